The number of benzene rings is 2. The predicted molar refractivity (Wildman–Crippen MR) is 215 cm³/mol. The number of aliphatic hydroxyl groups excluding tert-OH is 1. The molecule has 9 nitrogen and oxygen atoms in total. The summed E-state index contributed by atoms with van der Waals surface area (Å²) in [6, 6.07) is 21.6. The molecular formula is C42H69N7O2. The van der Waals surface area contributed by atoms with Gasteiger partial charge < -0.3 is 37.4 Å². The van der Waals surface area contributed by atoms with Gasteiger partial charge in [0.2, 0.25) is 5.91 Å². The van der Waals surface area contributed by atoms with Crippen molar-refractivity contribution in [3.63, 3.8) is 0 Å². The Morgan fingerprint density at radius 2 is 1.51 bits per heavy atom. The van der Waals surface area contributed by atoms with Gasteiger partial charge in [0.05, 0.1) is 18.7 Å². The maximum atomic E-state index is 12.1. The molecule has 0 radical (unpaired) electrons. The number of amides is 1. The lowest BCUT2D eigenvalue weighted by Crippen LogP contribution is -2.67. The molecule has 0 aromatic heterocycles. The first-order valence-corrected chi connectivity index (χ1v) is 18.9. The summed E-state index contributed by atoms with van der Waals surface area (Å²) in [7, 11) is 0. The molecule has 6 unspecified atom stereocenters. The van der Waals surface area contributed by atoms with E-state index in [1.165, 1.54) is 18.4 Å². The number of aliphatic hydroxyl groups is 1. The quantitative estimate of drug-likeness (QED) is 0.107. The zero-order valence-electron chi connectivity index (χ0n) is 32.0. The molecule has 9 heteroatoms. The van der Waals surface area contributed by atoms with Gasteiger partial charge in [-0.05, 0) is 88.4 Å². The van der Waals surface area contributed by atoms with Gasteiger partial charge in [0.15, 0.2) is 0 Å². The lowest BCUT2D eigenvalue weighted by atomic mass is 9.88. The number of unbranched alkanes of at least 4 members (excludes halogenated alkanes) is 1. The Hall–Kier alpha value is -3.63. The average Bonchev–Trinajstić information content (AvgIpc) is 3.11. The summed E-state index contributed by atoms with van der Waals surface area (Å²) >= 11 is 0. The number of carbonyl (C=O) groups excluding carboxylic acids is 1. The molecule has 3 aliphatic rings. The van der Waals surface area contributed by atoms with Crippen LogP contribution in [0.5, 0.6) is 0 Å². The number of piperidine rings is 1. The zero-order chi connectivity index (χ0) is 37.6. The summed E-state index contributed by atoms with van der Waals surface area (Å²) in [4.78, 5) is 16.8. The number of piperazine rings is 1. The SMILES string of the molecule is C=CN1CC2CC(C1)N2CCO.C=CNC(CC(C)C)C(=C)NC(C)CCCCN.CC(Cc1ccccc1)NC(=O)C(N)Cc1ccccc1. The van der Waals surface area contributed by atoms with Gasteiger partial charge in [-0.2, -0.15) is 0 Å². The topological polar surface area (TPSA) is 132 Å². The molecule has 2 aromatic carbocycles. The molecule has 2 aromatic rings. The third kappa shape index (κ3) is 17.0. The number of carbonyl (C=O) groups is 1. The molecule has 1 amide bonds. The van der Waals surface area contributed by atoms with E-state index >= 15 is 0 Å². The molecular weight excluding hydrogens is 635 g/mol. The van der Waals surface area contributed by atoms with Crippen LogP contribution in [0.25, 0.3) is 0 Å². The first-order chi connectivity index (χ1) is 24.5. The van der Waals surface area contributed by atoms with Gasteiger partial charge in [0.25, 0.3) is 0 Å². The van der Waals surface area contributed by atoms with E-state index in [2.05, 4.69) is 78.4 Å². The first kappa shape index (κ1) is 43.5. The molecule has 6 atom stereocenters. The van der Waals surface area contributed by atoms with Crippen molar-refractivity contribution in [2.45, 2.75) is 109 Å². The molecule has 0 aliphatic carbocycles. The molecule has 2 bridgehead atoms. The lowest BCUT2D eigenvalue weighted by molar-refractivity contribution is -0.122. The smallest absolute Gasteiger partial charge is 0.237 e. The van der Waals surface area contributed by atoms with E-state index in [1.54, 1.807) is 6.20 Å². The Kier molecular flexibility index (Phi) is 20.9. The summed E-state index contributed by atoms with van der Waals surface area (Å²) in [6.07, 6.45) is 10.8. The van der Waals surface area contributed by atoms with Gasteiger partial charge >= 0.3 is 0 Å². The Morgan fingerprint density at radius 1 is 0.922 bits per heavy atom. The highest BCUT2D eigenvalue weighted by Crippen LogP contribution is 2.31. The van der Waals surface area contributed by atoms with Crippen LogP contribution in [0.15, 0.2) is 98.5 Å². The Morgan fingerprint density at radius 3 is 2.02 bits per heavy atom. The number of nitrogens with zero attached hydrogens (tertiary/aromatic N) is 2. The number of nitrogens with one attached hydrogen (secondary N) is 3. The summed E-state index contributed by atoms with van der Waals surface area (Å²) in [5.74, 6) is 0.538. The number of fused-ring (bicyclic) bond motifs is 2. The minimum absolute atomic E-state index is 0.0710. The van der Waals surface area contributed by atoms with E-state index in [4.69, 9.17) is 16.6 Å². The van der Waals surface area contributed by atoms with E-state index in [0.717, 1.165) is 63.1 Å². The third-order valence-electron chi connectivity index (χ3n) is 9.37. The van der Waals surface area contributed by atoms with Gasteiger partial charge in [-0.3, -0.25) is 9.69 Å². The van der Waals surface area contributed by atoms with Crippen molar-refractivity contribution in [2.75, 3.05) is 32.8 Å². The summed E-state index contributed by atoms with van der Waals surface area (Å²) in [5.41, 5.74) is 14.8. The fraction of sp³-hybridized carbons (Fsp3) is 0.548. The van der Waals surface area contributed by atoms with Gasteiger partial charge in [0.1, 0.15) is 0 Å². The summed E-state index contributed by atoms with van der Waals surface area (Å²) in [6.45, 7) is 24.4. The monoisotopic (exact) mass is 704 g/mol. The highest BCUT2D eigenvalue weighted by molar-refractivity contribution is 5.82. The molecule has 0 saturated carbocycles. The second-order valence-electron chi connectivity index (χ2n) is 14.4. The van der Waals surface area contributed by atoms with E-state index in [9.17, 15) is 4.79 Å². The number of hydrogen-bond acceptors (Lipinski definition) is 8. The molecule has 3 aliphatic heterocycles. The zero-order valence-corrected chi connectivity index (χ0v) is 32.0. The summed E-state index contributed by atoms with van der Waals surface area (Å²) < 4.78 is 0. The Labute approximate surface area is 309 Å². The van der Waals surface area contributed by atoms with E-state index < -0.39 is 6.04 Å². The van der Waals surface area contributed by atoms with Crippen molar-refractivity contribution in [3.05, 3.63) is 110 Å². The molecule has 0 spiro atoms. The van der Waals surface area contributed by atoms with Crippen molar-refractivity contribution < 1.29 is 9.90 Å². The lowest BCUT2D eigenvalue weighted by Gasteiger charge is -2.56. The second-order valence-corrected chi connectivity index (χ2v) is 14.4. The van der Waals surface area contributed by atoms with Crippen LogP contribution in [0.4, 0.5) is 0 Å². The van der Waals surface area contributed by atoms with E-state index in [1.807, 2.05) is 61.7 Å². The highest BCUT2D eigenvalue weighted by atomic mass is 16.3. The van der Waals surface area contributed by atoms with E-state index in [-0.39, 0.29) is 18.0 Å². The Bertz CT molecular complexity index is 1250. The standard InChI is InChI=1S/C18H22N2O.C15H31N3.C9H16N2O/c1-14(12-15-8-4-2-5-9-15)20-18(21)17(19)13-16-10-6-3-7-11-16;1-6-17-15(11-12(2)3)14(5)18-13(4)9-7-8-10-16;1-2-10-6-8-5-9(7-10)11(8)3-4-12/h2-11,14,17H,12-13,19H2,1H3,(H,20,21);6,12-13,15,17-18H,1,5,7-11,16H2,2-4H3;2,8-9,12H,1,3-7H2. The molecule has 3 heterocycles. The van der Waals surface area contributed by atoms with Gasteiger partial charge in [0, 0.05) is 49.5 Å². The van der Waals surface area contributed by atoms with Crippen LogP contribution in [0, 0.1) is 5.92 Å². The molecule has 284 valence electrons. The second kappa shape index (κ2) is 24.5. The van der Waals surface area contributed by atoms with Gasteiger partial charge in [-0.25, -0.2) is 0 Å². The fourth-order valence-electron chi connectivity index (χ4n) is 6.69. The average molecular weight is 704 g/mol. The van der Waals surface area contributed by atoms with Crippen LogP contribution in [0.2, 0.25) is 0 Å². The van der Waals surface area contributed by atoms with Crippen molar-refractivity contribution >= 4 is 5.91 Å². The van der Waals surface area contributed by atoms with Gasteiger partial charge in [-0.15, -0.1) is 0 Å². The Balaban J connectivity index is 0.000000274. The number of hydrogen-bond donors (Lipinski definition) is 6. The van der Waals surface area contributed by atoms with Crippen molar-refractivity contribution in [1.82, 2.24) is 25.8 Å². The molecule has 3 saturated heterocycles. The van der Waals surface area contributed by atoms with Crippen LogP contribution in [-0.2, 0) is 17.6 Å². The summed E-state index contributed by atoms with van der Waals surface area (Å²) in [5, 5.41) is 18.5. The fourth-order valence-corrected chi connectivity index (χ4v) is 6.69. The van der Waals surface area contributed by atoms with Crippen LogP contribution in [-0.4, -0.2) is 89.9 Å². The first-order valence-electron chi connectivity index (χ1n) is 18.9. The molecule has 51 heavy (non-hydrogen) atoms. The normalized spacial score (nSPS) is 18.6. The molecule has 3 fully saturated rings. The van der Waals surface area contributed by atoms with Gasteiger partial charge in [-0.1, -0.05) is 101 Å². The van der Waals surface area contributed by atoms with Crippen LogP contribution < -0.4 is 27.4 Å². The molecule has 8 N–H and O–H groups in total. The van der Waals surface area contributed by atoms with Crippen molar-refractivity contribution in [3.8, 4) is 0 Å². The number of nitrogens with two attached hydrogens (primary N) is 2. The third-order valence-corrected chi connectivity index (χ3v) is 9.37. The predicted octanol–water partition coefficient (Wildman–Crippen LogP) is 4.94. The van der Waals surface area contributed by atoms with Crippen molar-refractivity contribution in [2.24, 2.45) is 17.4 Å². The van der Waals surface area contributed by atoms with Crippen LogP contribution in [0.1, 0.15) is 70.9 Å². The number of rotatable bonds is 20. The van der Waals surface area contributed by atoms with Crippen LogP contribution in [0.3, 0.4) is 0 Å². The largest absolute Gasteiger partial charge is 0.395 e. The highest BCUT2D eigenvalue weighted by Gasteiger charge is 2.43. The minimum atomic E-state index is -0.509. The van der Waals surface area contributed by atoms with Crippen molar-refractivity contribution in [1.29, 1.82) is 0 Å². The van der Waals surface area contributed by atoms with Crippen LogP contribution >= 0.6 is 0 Å². The molecule has 5 rings (SSSR count). The maximum Gasteiger partial charge on any atom is 0.237 e. The maximum absolute atomic E-state index is 12.1. The van der Waals surface area contributed by atoms with E-state index in [0.29, 0.717) is 37.1 Å². The minimum Gasteiger partial charge on any atom is -0.395 e.